The molecule has 0 atom stereocenters. The molecule has 0 saturated carbocycles. The highest BCUT2D eigenvalue weighted by Gasteiger charge is 2.18. The lowest BCUT2D eigenvalue weighted by molar-refractivity contribution is 0.101. The van der Waals surface area contributed by atoms with Crippen LogP contribution in [0.25, 0.3) is 0 Å². The number of nitrogens with zero attached hydrogens (tertiary/aromatic N) is 1. The Bertz CT molecular complexity index is 910. The number of carbonyl (C=O) groups is 1. The first-order valence-electron chi connectivity index (χ1n) is 8.23. The van der Waals surface area contributed by atoms with Gasteiger partial charge in [-0.15, -0.1) is 0 Å². The summed E-state index contributed by atoms with van der Waals surface area (Å²) in [6.45, 7) is 6.57. The maximum atomic E-state index is 13.3. The lowest BCUT2D eigenvalue weighted by Crippen LogP contribution is -2.19. The van der Waals surface area contributed by atoms with Gasteiger partial charge < -0.3 is 9.88 Å². The second-order valence-electron chi connectivity index (χ2n) is 6.35. The summed E-state index contributed by atoms with van der Waals surface area (Å²) in [5, 5.41) is 2.79. The predicted octanol–water partition coefficient (Wildman–Crippen LogP) is 4.85. The molecular formula is C21H21FN2O. The molecule has 0 unspecified atom stereocenters. The standard InChI is InChI=1S/C21H21FN2O/c1-14-7-9-17(10-8-14)13-24-16(3)11-15(2)20(24)21(25)23-19-6-4-5-18(22)12-19/h4-12H,13H2,1-3H3,(H,23,25). The van der Waals surface area contributed by atoms with Crippen molar-refractivity contribution in [3.05, 3.63) is 88.5 Å². The van der Waals surface area contributed by atoms with Crippen molar-refractivity contribution in [1.82, 2.24) is 4.57 Å². The van der Waals surface area contributed by atoms with Gasteiger partial charge in [0, 0.05) is 17.9 Å². The SMILES string of the molecule is Cc1ccc(Cn2c(C)cc(C)c2C(=O)Nc2cccc(F)c2)cc1. The summed E-state index contributed by atoms with van der Waals surface area (Å²) in [6.07, 6.45) is 0. The summed E-state index contributed by atoms with van der Waals surface area (Å²) >= 11 is 0. The van der Waals surface area contributed by atoms with Crippen molar-refractivity contribution < 1.29 is 9.18 Å². The third kappa shape index (κ3) is 3.79. The first-order valence-corrected chi connectivity index (χ1v) is 8.23. The summed E-state index contributed by atoms with van der Waals surface area (Å²) in [7, 11) is 0. The highest BCUT2D eigenvalue weighted by atomic mass is 19.1. The normalized spacial score (nSPS) is 10.7. The minimum atomic E-state index is -0.374. The summed E-state index contributed by atoms with van der Waals surface area (Å²) in [5.74, 6) is -0.607. The van der Waals surface area contributed by atoms with Crippen LogP contribution in [0.2, 0.25) is 0 Å². The molecule has 2 aromatic carbocycles. The number of amides is 1. The van der Waals surface area contributed by atoms with Gasteiger partial charge in [0.05, 0.1) is 0 Å². The summed E-state index contributed by atoms with van der Waals surface area (Å²) in [4.78, 5) is 12.8. The maximum Gasteiger partial charge on any atom is 0.272 e. The Morgan fingerprint density at radius 3 is 2.44 bits per heavy atom. The number of carbonyl (C=O) groups excluding carboxylic acids is 1. The van der Waals surface area contributed by atoms with E-state index in [2.05, 4.69) is 29.6 Å². The largest absolute Gasteiger partial charge is 0.336 e. The number of benzene rings is 2. The fourth-order valence-electron chi connectivity index (χ4n) is 2.99. The molecule has 0 radical (unpaired) electrons. The molecule has 0 bridgehead atoms. The average Bonchev–Trinajstić information content (AvgIpc) is 2.83. The Morgan fingerprint density at radius 1 is 1.04 bits per heavy atom. The Balaban J connectivity index is 1.90. The molecule has 0 aliphatic carbocycles. The van der Waals surface area contributed by atoms with Gasteiger partial charge in [0.15, 0.2) is 0 Å². The fraction of sp³-hybridized carbons (Fsp3) is 0.190. The summed E-state index contributed by atoms with van der Waals surface area (Å²) < 4.78 is 15.3. The Kier molecular flexibility index (Phi) is 4.70. The molecule has 128 valence electrons. The van der Waals surface area contributed by atoms with E-state index in [-0.39, 0.29) is 11.7 Å². The summed E-state index contributed by atoms with van der Waals surface area (Å²) in [6, 6.07) is 16.2. The lowest BCUT2D eigenvalue weighted by Gasteiger charge is -2.13. The number of aromatic nitrogens is 1. The number of aryl methyl sites for hydroxylation is 3. The summed E-state index contributed by atoms with van der Waals surface area (Å²) in [5.41, 5.74) is 5.30. The maximum absolute atomic E-state index is 13.3. The molecule has 3 nitrogen and oxygen atoms in total. The highest BCUT2D eigenvalue weighted by Crippen LogP contribution is 2.20. The van der Waals surface area contributed by atoms with Gasteiger partial charge >= 0.3 is 0 Å². The number of hydrogen-bond acceptors (Lipinski definition) is 1. The number of halogens is 1. The third-order valence-electron chi connectivity index (χ3n) is 4.25. The van der Waals surface area contributed by atoms with E-state index in [9.17, 15) is 9.18 Å². The molecule has 4 heteroatoms. The molecule has 25 heavy (non-hydrogen) atoms. The van der Waals surface area contributed by atoms with Gasteiger partial charge in [-0.05, 0) is 56.2 Å². The zero-order chi connectivity index (χ0) is 18.0. The van der Waals surface area contributed by atoms with Gasteiger partial charge in [-0.1, -0.05) is 35.9 Å². The van der Waals surface area contributed by atoms with E-state index in [1.807, 2.05) is 31.4 Å². The zero-order valence-corrected chi connectivity index (χ0v) is 14.6. The van der Waals surface area contributed by atoms with E-state index in [4.69, 9.17) is 0 Å². The van der Waals surface area contributed by atoms with Crippen LogP contribution in [-0.4, -0.2) is 10.5 Å². The Morgan fingerprint density at radius 2 is 1.76 bits per heavy atom. The molecule has 0 fully saturated rings. The van der Waals surface area contributed by atoms with Crippen molar-refractivity contribution in [2.24, 2.45) is 0 Å². The second kappa shape index (κ2) is 6.93. The molecular weight excluding hydrogens is 315 g/mol. The molecule has 1 amide bonds. The molecule has 0 aliphatic heterocycles. The minimum absolute atomic E-state index is 0.233. The Labute approximate surface area is 147 Å². The molecule has 3 aromatic rings. The monoisotopic (exact) mass is 336 g/mol. The first-order chi connectivity index (χ1) is 11.9. The van der Waals surface area contributed by atoms with Crippen molar-refractivity contribution in [3.8, 4) is 0 Å². The van der Waals surface area contributed by atoms with E-state index in [0.29, 0.717) is 17.9 Å². The minimum Gasteiger partial charge on any atom is -0.336 e. The predicted molar refractivity (Wildman–Crippen MR) is 98.5 cm³/mol. The van der Waals surface area contributed by atoms with E-state index < -0.39 is 0 Å². The fourth-order valence-corrected chi connectivity index (χ4v) is 2.99. The lowest BCUT2D eigenvalue weighted by atomic mass is 10.1. The van der Waals surface area contributed by atoms with Gasteiger partial charge in [0.1, 0.15) is 11.5 Å². The van der Waals surface area contributed by atoms with Crippen LogP contribution in [0.3, 0.4) is 0 Å². The molecule has 0 spiro atoms. The zero-order valence-electron chi connectivity index (χ0n) is 14.6. The molecule has 1 N–H and O–H groups in total. The van der Waals surface area contributed by atoms with E-state index in [0.717, 1.165) is 16.8 Å². The molecule has 0 saturated heterocycles. The number of rotatable bonds is 4. The van der Waals surface area contributed by atoms with Crippen molar-refractivity contribution in [2.75, 3.05) is 5.32 Å². The van der Waals surface area contributed by atoms with Gasteiger partial charge in [0.25, 0.3) is 5.91 Å². The van der Waals surface area contributed by atoms with Crippen molar-refractivity contribution in [3.63, 3.8) is 0 Å². The van der Waals surface area contributed by atoms with Crippen LogP contribution in [0.4, 0.5) is 10.1 Å². The number of hydrogen-bond donors (Lipinski definition) is 1. The van der Waals surface area contributed by atoms with E-state index in [1.165, 1.54) is 17.7 Å². The second-order valence-corrected chi connectivity index (χ2v) is 6.35. The molecule has 1 heterocycles. The van der Waals surface area contributed by atoms with Crippen LogP contribution < -0.4 is 5.32 Å². The van der Waals surface area contributed by atoms with Gasteiger partial charge in [-0.25, -0.2) is 4.39 Å². The van der Waals surface area contributed by atoms with E-state index >= 15 is 0 Å². The molecule has 3 rings (SSSR count). The third-order valence-corrected chi connectivity index (χ3v) is 4.25. The quantitative estimate of drug-likeness (QED) is 0.726. The smallest absolute Gasteiger partial charge is 0.272 e. The van der Waals surface area contributed by atoms with Crippen molar-refractivity contribution in [1.29, 1.82) is 0 Å². The van der Waals surface area contributed by atoms with Crippen LogP contribution in [0.5, 0.6) is 0 Å². The molecule has 0 aliphatic rings. The van der Waals surface area contributed by atoms with Crippen LogP contribution >= 0.6 is 0 Å². The van der Waals surface area contributed by atoms with Gasteiger partial charge in [0.2, 0.25) is 0 Å². The number of nitrogens with one attached hydrogen (secondary N) is 1. The van der Waals surface area contributed by atoms with Crippen LogP contribution in [0.15, 0.2) is 54.6 Å². The van der Waals surface area contributed by atoms with Crippen molar-refractivity contribution >= 4 is 11.6 Å². The number of anilines is 1. The van der Waals surface area contributed by atoms with Crippen LogP contribution in [0, 0.1) is 26.6 Å². The van der Waals surface area contributed by atoms with Gasteiger partial charge in [-0.3, -0.25) is 4.79 Å². The topological polar surface area (TPSA) is 34.0 Å². The Hall–Kier alpha value is -2.88. The van der Waals surface area contributed by atoms with Gasteiger partial charge in [-0.2, -0.15) is 0 Å². The first kappa shape index (κ1) is 17.0. The van der Waals surface area contributed by atoms with Crippen LogP contribution in [-0.2, 0) is 6.54 Å². The van der Waals surface area contributed by atoms with E-state index in [1.54, 1.807) is 12.1 Å². The highest BCUT2D eigenvalue weighted by molar-refractivity contribution is 6.04. The van der Waals surface area contributed by atoms with Crippen LogP contribution in [0.1, 0.15) is 32.9 Å². The average molecular weight is 336 g/mol. The van der Waals surface area contributed by atoms with Crippen molar-refractivity contribution in [2.45, 2.75) is 27.3 Å². The molecule has 1 aromatic heterocycles.